The molecule has 0 saturated heterocycles. The van der Waals surface area contributed by atoms with Gasteiger partial charge in [-0.05, 0) is 18.1 Å². The summed E-state index contributed by atoms with van der Waals surface area (Å²) < 4.78 is 10.8. The fraction of sp³-hybridized carbons (Fsp3) is 0.286. The molecule has 0 N–H and O–H groups in total. The van der Waals surface area contributed by atoms with Gasteiger partial charge in [-0.1, -0.05) is 67.2 Å². The summed E-state index contributed by atoms with van der Waals surface area (Å²) in [6.45, 7) is 7.63. The average Bonchev–Trinajstić information content (AvgIpc) is 2.65. The first-order valence-electron chi connectivity index (χ1n) is 8.49. The van der Waals surface area contributed by atoms with Gasteiger partial charge in [-0.3, -0.25) is 0 Å². The number of hydrogen-bond acceptors (Lipinski definition) is 3. The van der Waals surface area contributed by atoms with Crippen molar-refractivity contribution in [2.24, 2.45) is 0 Å². The Morgan fingerprint density at radius 1 is 0.960 bits per heavy atom. The van der Waals surface area contributed by atoms with Gasteiger partial charge in [0.2, 0.25) is 0 Å². The van der Waals surface area contributed by atoms with E-state index in [1.54, 1.807) is 4.90 Å². The zero-order valence-electron chi connectivity index (χ0n) is 14.7. The lowest BCUT2D eigenvalue weighted by molar-refractivity contribution is 0.0918. The Morgan fingerprint density at radius 2 is 1.56 bits per heavy atom. The standard InChI is InChI=1S/C21H25NO3/c1-3-24-18(2)14-15-22(16-19-10-6-4-7-11-19)21(23)25-17-20-12-8-5-9-13-20/h4-13H,2-3,14-17H2,1H3. The maximum atomic E-state index is 12.5. The first kappa shape index (κ1) is 18.6. The molecule has 0 atom stereocenters. The van der Waals surface area contributed by atoms with Crippen LogP contribution in [0.4, 0.5) is 4.79 Å². The van der Waals surface area contributed by atoms with E-state index in [0.29, 0.717) is 31.9 Å². The van der Waals surface area contributed by atoms with Gasteiger partial charge in [0.05, 0.1) is 12.4 Å². The summed E-state index contributed by atoms with van der Waals surface area (Å²) in [5, 5.41) is 0. The van der Waals surface area contributed by atoms with Crippen LogP contribution < -0.4 is 0 Å². The van der Waals surface area contributed by atoms with Gasteiger partial charge >= 0.3 is 6.09 Å². The van der Waals surface area contributed by atoms with E-state index in [1.165, 1.54) is 0 Å². The number of ether oxygens (including phenoxy) is 2. The largest absolute Gasteiger partial charge is 0.499 e. The third kappa shape index (κ3) is 6.71. The molecular weight excluding hydrogens is 314 g/mol. The quantitative estimate of drug-likeness (QED) is 0.618. The van der Waals surface area contributed by atoms with Crippen LogP contribution in [0.3, 0.4) is 0 Å². The van der Waals surface area contributed by atoms with Crippen LogP contribution in [-0.4, -0.2) is 24.1 Å². The van der Waals surface area contributed by atoms with Crippen LogP contribution in [0.5, 0.6) is 0 Å². The highest BCUT2D eigenvalue weighted by molar-refractivity contribution is 5.67. The molecule has 0 radical (unpaired) electrons. The van der Waals surface area contributed by atoms with E-state index in [2.05, 4.69) is 6.58 Å². The summed E-state index contributed by atoms with van der Waals surface area (Å²) in [5.41, 5.74) is 2.02. The summed E-state index contributed by atoms with van der Waals surface area (Å²) in [7, 11) is 0. The van der Waals surface area contributed by atoms with Crippen LogP contribution in [0, 0.1) is 0 Å². The fourth-order valence-electron chi connectivity index (χ4n) is 2.39. The molecule has 2 aromatic carbocycles. The maximum absolute atomic E-state index is 12.5. The Bertz CT molecular complexity index is 655. The summed E-state index contributed by atoms with van der Waals surface area (Å²) in [5.74, 6) is 0.677. The molecule has 0 aliphatic heterocycles. The van der Waals surface area contributed by atoms with Crippen molar-refractivity contribution in [3.05, 3.63) is 84.1 Å². The number of rotatable bonds is 9. The summed E-state index contributed by atoms with van der Waals surface area (Å²) >= 11 is 0. The molecule has 4 heteroatoms. The summed E-state index contributed by atoms with van der Waals surface area (Å²) in [4.78, 5) is 14.2. The lowest BCUT2D eigenvalue weighted by Gasteiger charge is -2.23. The van der Waals surface area contributed by atoms with Gasteiger partial charge in [0, 0.05) is 19.5 Å². The minimum Gasteiger partial charge on any atom is -0.499 e. The van der Waals surface area contributed by atoms with Crippen LogP contribution in [0.1, 0.15) is 24.5 Å². The van der Waals surface area contributed by atoms with Gasteiger partial charge in [0.25, 0.3) is 0 Å². The predicted molar refractivity (Wildman–Crippen MR) is 98.9 cm³/mol. The third-order valence-corrected chi connectivity index (χ3v) is 3.69. The number of benzene rings is 2. The SMILES string of the molecule is C=C(CCN(Cc1ccccc1)C(=O)OCc1ccccc1)OCC. The molecule has 1 amide bonds. The highest BCUT2D eigenvalue weighted by atomic mass is 16.6. The molecule has 0 fully saturated rings. The van der Waals surface area contributed by atoms with Gasteiger partial charge in [0.1, 0.15) is 6.61 Å². The Kier molecular flexibility index (Phi) is 7.57. The molecule has 0 bridgehead atoms. The van der Waals surface area contributed by atoms with Crippen molar-refractivity contribution in [1.29, 1.82) is 0 Å². The highest BCUT2D eigenvalue weighted by Crippen LogP contribution is 2.11. The zero-order chi connectivity index (χ0) is 17.9. The zero-order valence-corrected chi connectivity index (χ0v) is 14.7. The minimum atomic E-state index is -0.336. The molecule has 0 aliphatic rings. The van der Waals surface area contributed by atoms with Crippen molar-refractivity contribution in [3.63, 3.8) is 0 Å². The van der Waals surface area contributed by atoms with E-state index in [0.717, 1.165) is 11.1 Å². The Hall–Kier alpha value is -2.75. The van der Waals surface area contributed by atoms with Crippen molar-refractivity contribution >= 4 is 6.09 Å². The molecule has 25 heavy (non-hydrogen) atoms. The Labute approximate surface area is 149 Å². The third-order valence-electron chi connectivity index (χ3n) is 3.69. The number of hydrogen-bond donors (Lipinski definition) is 0. The van der Waals surface area contributed by atoms with Crippen molar-refractivity contribution in [2.45, 2.75) is 26.5 Å². The van der Waals surface area contributed by atoms with E-state index in [4.69, 9.17) is 9.47 Å². The number of nitrogens with zero attached hydrogens (tertiary/aromatic N) is 1. The molecule has 0 aromatic heterocycles. The summed E-state index contributed by atoms with van der Waals surface area (Å²) in [6, 6.07) is 19.5. The molecule has 2 rings (SSSR count). The monoisotopic (exact) mass is 339 g/mol. The van der Waals surface area contributed by atoms with E-state index < -0.39 is 0 Å². The average molecular weight is 339 g/mol. The molecule has 2 aromatic rings. The van der Waals surface area contributed by atoms with Crippen LogP contribution in [-0.2, 0) is 22.6 Å². The second-order valence-electron chi connectivity index (χ2n) is 5.67. The van der Waals surface area contributed by atoms with Crippen molar-refractivity contribution in [3.8, 4) is 0 Å². The van der Waals surface area contributed by atoms with E-state index in [-0.39, 0.29) is 12.7 Å². The predicted octanol–water partition coefficient (Wildman–Crippen LogP) is 4.77. The van der Waals surface area contributed by atoms with Gasteiger partial charge in [-0.15, -0.1) is 0 Å². The van der Waals surface area contributed by atoms with E-state index in [9.17, 15) is 4.79 Å². The molecule has 132 valence electrons. The summed E-state index contributed by atoms with van der Waals surface area (Å²) in [6.07, 6.45) is 0.248. The van der Waals surface area contributed by atoms with Gasteiger partial charge < -0.3 is 14.4 Å². The lowest BCUT2D eigenvalue weighted by Crippen LogP contribution is -2.32. The first-order chi connectivity index (χ1) is 12.2. The topological polar surface area (TPSA) is 38.8 Å². The van der Waals surface area contributed by atoms with Crippen LogP contribution in [0.15, 0.2) is 73.0 Å². The van der Waals surface area contributed by atoms with Gasteiger partial charge in [0.15, 0.2) is 0 Å². The smallest absolute Gasteiger partial charge is 0.410 e. The number of carbonyl (C=O) groups is 1. The Balaban J connectivity index is 1.96. The molecule has 0 heterocycles. The van der Waals surface area contributed by atoms with Crippen molar-refractivity contribution in [1.82, 2.24) is 4.90 Å². The molecular formula is C21H25NO3. The molecule has 4 nitrogen and oxygen atoms in total. The first-order valence-corrected chi connectivity index (χ1v) is 8.49. The van der Waals surface area contributed by atoms with Crippen LogP contribution in [0.2, 0.25) is 0 Å². The van der Waals surface area contributed by atoms with Crippen molar-refractivity contribution < 1.29 is 14.3 Å². The van der Waals surface area contributed by atoms with Crippen LogP contribution >= 0.6 is 0 Å². The second kappa shape index (κ2) is 10.2. The van der Waals surface area contributed by atoms with E-state index in [1.807, 2.05) is 67.6 Å². The van der Waals surface area contributed by atoms with Gasteiger partial charge in [-0.25, -0.2) is 4.79 Å². The Morgan fingerprint density at radius 3 is 2.16 bits per heavy atom. The molecule has 0 unspecified atom stereocenters. The van der Waals surface area contributed by atoms with Gasteiger partial charge in [-0.2, -0.15) is 0 Å². The molecule has 0 saturated carbocycles. The highest BCUT2D eigenvalue weighted by Gasteiger charge is 2.16. The molecule has 0 aliphatic carbocycles. The van der Waals surface area contributed by atoms with Crippen LogP contribution in [0.25, 0.3) is 0 Å². The normalized spacial score (nSPS) is 10.1. The molecule has 0 spiro atoms. The number of carbonyl (C=O) groups excluding carboxylic acids is 1. The van der Waals surface area contributed by atoms with E-state index >= 15 is 0 Å². The second-order valence-corrected chi connectivity index (χ2v) is 5.67. The lowest BCUT2D eigenvalue weighted by atomic mass is 10.2. The number of amides is 1. The fourth-order valence-corrected chi connectivity index (χ4v) is 2.39. The maximum Gasteiger partial charge on any atom is 0.410 e. The minimum absolute atomic E-state index is 0.261. The van der Waals surface area contributed by atoms with Crippen molar-refractivity contribution in [2.75, 3.05) is 13.2 Å².